The SMILES string of the molecule is CCNC(=NCc1ccc(COCC(F)(F)F)cc1)NCCc1cccnc1.I. The number of aromatic nitrogens is 1. The highest BCUT2D eigenvalue weighted by atomic mass is 127. The molecule has 0 aliphatic heterocycles. The second kappa shape index (κ2) is 13.4. The van der Waals surface area contributed by atoms with Gasteiger partial charge in [0.05, 0.1) is 13.2 Å². The van der Waals surface area contributed by atoms with Crippen LogP contribution in [0, 0.1) is 0 Å². The predicted molar refractivity (Wildman–Crippen MR) is 118 cm³/mol. The Kier molecular flexibility index (Phi) is 11.6. The molecule has 5 nitrogen and oxygen atoms in total. The first-order chi connectivity index (χ1) is 13.5. The summed E-state index contributed by atoms with van der Waals surface area (Å²) in [5.74, 6) is 0.712. The predicted octanol–water partition coefficient (Wildman–Crippen LogP) is 4.08. The van der Waals surface area contributed by atoms with Gasteiger partial charge >= 0.3 is 6.18 Å². The monoisotopic (exact) mass is 522 g/mol. The molecule has 1 aromatic carbocycles. The van der Waals surface area contributed by atoms with Crippen LogP contribution in [0.25, 0.3) is 0 Å². The van der Waals surface area contributed by atoms with Gasteiger partial charge in [-0.15, -0.1) is 24.0 Å². The summed E-state index contributed by atoms with van der Waals surface area (Å²) in [6.07, 6.45) is 0.119. The Hall–Kier alpha value is -1.88. The molecule has 0 spiro atoms. The Labute approximate surface area is 186 Å². The summed E-state index contributed by atoms with van der Waals surface area (Å²) in [7, 11) is 0. The van der Waals surface area contributed by atoms with Gasteiger partial charge in [-0.1, -0.05) is 30.3 Å². The van der Waals surface area contributed by atoms with Gasteiger partial charge in [0.15, 0.2) is 5.96 Å². The molecular weight excluding hydrogens is 496 g/mol. The van der Waals surface area contributed by atoms with E-state index in [-0.39, 0.29) is 30.6 Å². The van der Waals surface area contributed by atoms with Crippen molar-refractivity contribution >= 4 is 29.9 Å². The van der Waals surface area contributed by atoms with Crippen LogP contribution in [-0.4, -0.2) is 36.8 Å². The van der Waals surface area contributed by atoms with Crippen LogP contribution < -0.4 is 10.6 Å². The van der Waals surface area contributed by atoms with Crippen molar-refractivity contribution < 1.29 is 17.9 Å². The van der Waals surface area contributed by atoms with Crippen molar-refractivity contribution in [1.29, 1.82) is 0 Å². The third-order valence-corrected chi connectivity index (χ3v) is 3.75. The fraction of sp³-hybridized carbons (Fsp3) is 0.400. The van der Waals surface area contributed by atoms with Crippen LogP contribution in [0.2, 0.25) is 0 Å². The molecule has 0 amide bonds. The second-order valence-corrected chi connectivity index (χ2v) is 6.16. The maximum absolute atomic E-state index is 12.1. The molecule has 0 fully saturated rings. The summed E-state index contributed by atoms with van der Waals surface area (Å²) >= 11 is 0. The van der Waals surface area contributed by atoms with Gasteiger partial charge < -0.3 is 15.4 Å². The molecule has 0 bridgehead atoms. The number of nitrogens with zero attached hydrogens (tertiary/aromatic N) is 2. The van der Waals surface area contributed by atoms with Crippen molar-refractivity contribution in [3.05, 3.63) is 65.5 Å². The van der Waals surface area contributed by atoms with E-state index < -0.39 is 12.8 Å². The zero-order chi connectivity index (χ0) is 20.2. The van der Waals surface area contributed by atoms with E-state index in [1.807, 2.05) is 37.4 Å². The Morgan fingerprint density at radius 1 is 1.07 bits per heavy atom. The summed E-state index contributed by atoms with van der Waals surface area (Å²) in [6, 6.07) is 11.1. The van der Waals surface area contributed by atoms with Gasteiger partial charge in [-0.25, -0.2) is 4.99 Å². The number of hydrogen-bond acceptors (Lipinski definition) is 3. The first-order valence-electron chi connectivity index (χ1n) is 9.09. The Bertz CT molecular complexity index is 725. The zero-order valence-corrected chi connectivity index (χ0v) is 18.5. The fourth-order valence-electron chi connectivity index (χ4n) is 2.41. The number of hydrogen-bond donors (Lipinski definition) is 2. The standard InChI is InChI=1S/C20H25F3N4O.HI/c1-2-25-19(26-11-9-16-4-3-10-24-12-16)27-13-17-5-7-18(8-6-17)14-28-15-20(21,22)23;/h3-8,10,12H,2,9,11,13-15H2,1H3,(H2,25,26,27);1H. The molecule has 0 aliphatic rings. The molecule has 0 saturated carbocycles. The second-order valence-electron chi connectivity index (χ2n) is 6.16. The molecule has 0 aliphatic carbocycles. The van der Waals surface area contributed by atoms with Crippen molar-refractivity contribution in [1.82, 2.24) is 15.6 Å². The van der Waals surface area contributed by atoms with E-state index in [2.05, 4.69) is 25.3 Å². The topological polar surface area (TPSA) is 58.5 Å². The van der Waals surface area contributed by atoms with Crippen LogP contribution in [0.3, 0.4) is 0 Å². The number of ether oxygens (including phenoxy) is 1. The Morgan fingerprint density at radius 2 is 1.79 bits per heavy atom. The van der Waals surface area contributed by atoms with Crippen LogP contribution in [-0.2, 0) is 24.3 Å². The summed E-state index contributed by atoms with van der Waals surface area (Å²) < 4.78 is 40.9. The summed E-state index contributed by atoms with van der Waals surface area (Å²) in [5, 5.41) is 6.47. The lowest BCUT2D eigenvalue weighted by atomic mass is 10.1. The van der Waals surface area contributed by atoms with Gasteiger partial charge in [-0.2, -0.15) is 13.2 Å². The van der Waals surface area contributed by atoms with Crippen LogP contribution in [0.5, 0.6) is 0 Å². The summed E-state index contributed by atoms with van der Waals surface area (Å²) in [5.41, 5.74) is 2.80. The summed E-state index contributed by atoms with van der Waals surface area (Å²) in [6.45, 7) is 2.62. The lowest BCUT2D eigenvalue weighted by Crippen LogP contribution is -2.38. The molecule has 0 atom stereocenters. The van der Waals surface area contributed by atoms with E-state index in [9.17, 15) is 13.2 Å². The number of halogens is 4. The minimum Gasteiger partial charge on any atom is -0.367 e. The Balaban J connectivity index is 0.00000420. The number of pyridine rings is 1. The molecule has 0 radical (unpaired) electrons. The average Bonchev–Trinajstić information content (AvgIpc) is 2.67. The minimum absolute atomic E-state index is 0. The van der Waals surface area contributed by atoms with Gasteiger partial charge in [0, 0.05) is 25.5 Å². The average molecular weight is 522 g/mol. The van der Waals surface area contributed by atoms with Gasteiger partial charge in [-0.3, -0.25) is 4.98 Å². The molecule has 2 rings (SSSR count). The van der Waals surface area contributed by atoms with E-state index in [0.717, 1.165) is 30.6 Å². The van der Waals surface area contributed by atoms with Crippen molar-refractivity contribution in [2.75, 3.05) is 19.7 Å². The highest BCUT2D eigenvalue weighted by molar-refractivity contribution is 14.0. The number of aliphatic imine (C=N–C) groups is 1. The highest BCUT2D eigenvalue weighted by Gasteiger charge is 2.27. The fourth-order valence-corrected chi connectivity index (χ4v) is 2.41. The number of rotatable bonds is 9. The van der Waals surface area contributed by atoms with E-state index in [1.165, 1.54) is 0 Å². The van der Waals surface area contributed by atoms with Gasteiger partial charge in [0.25, 0.3) is 0 Å². The zero-order valence-electron chi connectivity index (χ0n) is 16.2. The molecule has 1 aromatic heterocycles. The molecular formula is C20H26F3IN4O. The molecule has 29 heavy (non-hydrogen) atoms. The molecule has 0 unspecified atom stereocenters. The lowest BCUT2D eigenvalue weighted by molar-refractivity contribution is -0.176. The molecule has 160 valence electrons. The maximum atomic E-state index is 12.1. The van der Waals surface area contributed by atoms with Gasteiger partial charge in [0.2, 0.25) is 0 Å². The number of benzene rings is 1. The van der Waals surface area contributed by atoms with Crippen molar-refractivity contribution in [2.24, 2.45) is 4.99 Å². The van der Waals surface area contributed by atoms with E-state index in [0.29, 0.717) is 18.1 Å². The minimum atomic E-state index is -4.30. The third kappa shape index (κ3) is 11.0. The van der Waals surface area contributed by atoms with E-state index in [4.69, 9.17) is 0 Å². The number of guanidine groups is 1. The lowest BCUT2D eigenvalue weighted by Gasteiger charge is -2.11. The quantitative estimate of drug-likeness (QED) is 0.296. The largest absolute Gasteiger partial charge is 0.411 e. The third-order valence-electron chi connectivity index (χ3n) is 3.75. The van der Waals surface area contributed by atoms with Crippen molar-refractivity contribution in [3.8, 4) is 0 Å². The van der Waals surface area contributed by atoms with Gasteiger partial charge in [0.1, 0.15) is 6.61 Å². The van der Waals surface area contributed by atoms with Crippen molar-refractivity contribution in [2.45, 2.75) is 32.7 Å². The van der Waals surface area contributed by atoms with E-state index in [1.54, 1.807) is 18.3 Å². The Morgan fingerprint density at radius 3 is 2.41 bits per heavy atom. The molecule has 2 N–H and O–H groups in total. The number of nitrogens with one attached hydrogen (secondary N) is 2. The van der Waals surface area contributed by atoms with Crippen molar-refractivity contribution in [3.63, 3.8) is 0 Å². The first kappa shape index (κ1) is 25.2. The van der Waals surface area contributed by atoms with Crippen LogP contribution >= 0.6 is 24.0 Å². The number of alkyl halides is 3. The highest BCUT2D eigenvalue weighted by Crippen LogP contribution is 2.16. The first-order valence-corrected chi connectivity index (χ1v) is 9.09. The van der Waals surface area contributed by atoms with Crippen LogP contribution in [0.15, 0.2) is 53.8 Å². The molecule has 0 saturated heterocycles. The summed E-state index contributed by atoms with van der Waals surface area (Å²) in [4.78, 5) is 8.63. The molecule has 9 heteroatoms. The van der Waals surface area contributed by atoms with Gasteiger partial charge in [-0.05, 0) is 36.1 Å². The normalized spacial score (nSPS) is 11.7. The molecule has 1 heterocycles. The smallest absolute Gasteiger partial charge is 0.367 e. The maximum Gasteiger partial charge on any atom is 0.411 e. The molecule has 2 aromatic rings. The van der Waals surface area contributed by atoms with E-state index >= 15 is 0 Å². The van der Waals surface area contributed by atoms with Crippen LogP contribution in [0.4, 0.5) is 13.2 Å². The van der Waals surface area contributed by atoms with Crippen LogP contribution in [0.1, 0.15) is 23.6 Å².